The molecular weight excluding hydrogens is 382 g/mol. The fourth-order valence-corrected chi connectivity index (χ4v) is 3.87. The van der Waals surface area contributed by atoms with Crippen molar-refractivity contribution in [3.63, 3.8) is 0 Å². The van der Waals surface area contributed by atoms with E-state index < -0.39 is 5.97 Å². The standard InChI is InChI=1S/C20H14ClN3O2S/c1-26-20(25)13-7-8-15(21)16(9-13)24-18-17-14(12-5-3-2-4-6-12)10-27-19(17)23-11-22-18/h2-11H,1H3,(H,22,23,24). The highest BCUT2D eigenvalue weighted by Crippen LogP contribution is 2.38. The van der Waals surface area contributed by atoms with Gasteiger partial charge in [-0.25, -0.2) is 14.8 Å². The molecule has 0 bridgehead atoms. The van der Waals surface area contributed by atoms with Crippen molar-refractivity contribution >= 4 is 50.6 Å². The summed E-state index contributed by atoms with van der Waals surface area (Å²) < 4.78 is 4.78. The van der Waals surface area contributed by atoms with Crippen LogP contribution in [0.5, 0.6) is 0 Å². The number of nitrogens with zero attached hydrogens (tertiary/aromatic N) is 2. The number of rotatable bonds is 4. The van der Waals surface area contributed by atoms with Crippen LogP contribution in [-0.2, 0) is 4.74 Å². The lowest BCUT2D eigenvalue weighted by atomic mass is 10.1. The Bertz CT molecular complexity index is 1130. The molecule has 134 valence electrons. The Kier molecular flexibility index (Phi) is 4.75. The molecule has 0 aliphatic heterocycles. The molecule has 0 saturated heterocycles. The van der Waals surface area contributed by atoms with Crippen LogP contribution < -0.4 is 5.32 Å². The Morgan fingerprint density at radius 1 is 1.15 bits per heavy atom. The molecule has 0 saturated carbocycles. The van der Waals surface area contributed by atoms with Crippen molar-refractivity contribution in [2.75, 3.05) is 12.4 Å². The Balaban J connectivity index is 1.82. The van der Waals surface area contributed by atoms with Gasteiger partial charge in [-0.2, -0.15) is 0 Å². The highest BCUT2D eigenvalue weighted by molar-refractivity contribution is 7.17. The number of ether oxygens (including phenoxy) is 1. The molecule has 27 heavy (non-hydrogen) atoms. The average molecular weight is 396 g/mol. The molecule has 0 unspecified atom stereocenters. The first-order chi connectivity index (χ1) is 13.2. The van der Waals surface area contributed by atoms with Gasteiger partial charge in [-0.3, -0.25) is 0 Å². The number of halogens is 1. The van der Waals surface area contributed by atoms with Crippen molar-refractivity contribution in [3.05, 3.63) is 70.8 Å². The number of thiophene rings is 1. The summed E-state index contributed by atoms with van der Waals surface area (Å²) >= 11 is 7.87. The van der Waals surface area contributed by atoms with Crippen LogP contribution >= 0.6 is 22.9 Å². The van der Waals surface area contributed by atoms with Crippen molar-refractivity contribution < 1.29 is 9.53 Å². The first kappa shape index (κ1) is 17.5. The molecule has 0 spiro atoms. The zero-order chi connectivity index (χ0) is 18.8. The number of fused-ring (bicyclic) bond motifs is 1. The van der Waals surface area contributed by atoms with Gasteiger partial charge >= 0.3 is 5.97 Å². The fourth-order valence-electron chi connectivity index (χ4n) is 2.79. The van der Waals surface area contributed by atoms with E-state index in [0.29, 0.717) is 22.1 Å². The van der Waals surface area contributed by atoms with E-state index in [2.05, 4.69) is 20.7 Å². The van der Waals surface area contributed by atoms with Gasteiger partial charge in [-0.1, -0.05) is 41.9 Å². The number of carbonyl (C=O) groups is 1. The predicted octanol–water partition coefficient (Wildman–Crippen LogP) is 5.54. The third-order valence-electron chi connectivity index (χ3n) is 4.10. The van der Waals surface area contributed by atoms with E-state index >= 15 is 0 Å². The summed E-state index contributed by atoms with van der Waals surface area (Å²) in [4.78, 5) is 21.5. The maximum atomic E-state index is 11.8. The maximum Gasteiger partial charge on any atom is 0.337 e. The summed E-state index contributed by atoms with van der Waals surface area (Å²) in [5.41, 5.74) is 3.10. The first-order valence-corrected chi connectivity index (χ1v) is 9.35. The second-order valence-electron chi connectivity index (χ2n) is 5.73. The number of anilines is 2. The van der Waals surface area contributed by atoms with Gasteiger partial charge < -0.3 is 10.1 Å². The molecule has 4 aromatic rings. The van der Waals surface area contributed by atoms with E-state index in [4.69, 9.17) is 16.3 Å². The summed E-state index contributed by atoms with van der Waals surface area (Å²) in [6.07, 6.45) is 1.51. The Labute approximate surface area is 164 Å². The second-order valence-corrected chi connectivity index (χ2v) is 6.99. The Morgan fingerprint density at radius 2 is 1.96 bits per heavy atom. The number of nitrogens with one attached hydrogen (secondary N) is 1. The number of hydrogen-bond acceptors (Lipinski definition) is 6. The van der Waals surface area contributed by atoms with Gasteiger partial charge in [0.25, 0.3) is 0 Å². The number of benzene rings is 2. The van der Waals surface area contributed by atoms with Gasteiger partial charge in [0.2, 0.25) is 0 Å². The molecule has 0 fully saturated rings. The first-order valence-electron chi connectivity index (χ1n) is 8.10. The van der Waals surface area contributed by atoms with Crippen LogP contribution in [0.25, 0.3) is 21.3 Å². The lowest BCUT2D eigenvalue weighted by Crippen LogP contribution is -2.03. The largest absolute Gasteiger partial charge is 0.465 e. The van der Waals surface area contributed by atoms with Crippen molar-refractivity contribution in [2.45, 2.75) is 0 Å². The second kappa shape index (κ2) is 7.34. The van der Waals surface area contributed by atoms with Crippen LogP contribution in [0.4, 0.5) is 11.5 Å². The summed E-state index contributed by atoms with van der Waals surface area (Å²) in [7, 11) is 1.34. The summed E-state index contributed by atoms with van der Waals surface area (Å²) in [5.74, 6) is 0.201. The fraction of sp³-hybridized carbons (Fsp3) is 0.0500. The quantitative estimate of drug-likeness (QED) is 0.459. The minimum absolute atomic E-state index is 0.406. The number of methoxy groups -OCH3 is 1. The third-order valence-corrected chi connectivity index (χ3v) is 5.31. The molecule has 0 atom stereocenters. The van der Waals surface area contributed by atoms with Crippen LogP contribution in [0.2, 0.25) is 5.02 Å². The van der Waals surface area contributed by atoms with Crippen LogP contribution in [0.1, 0.15) is 10.4 Å². The van der Waals surface area contributed by atoms with Crippen molar-refractivity contribution in [1.29, 1.82) is 0 Å². The Morgan fingerprint density at radius 3 is 2.74 bits per heavy atom. The Hall–Kier alpha value is -2.96. The zero-order valence-electron chi connectivity index (χ0n) is 14.3. The van der Waals surface area contributed by atoms with Crippen LogP contribution in [0, 0.1) is 0 Å². The highest BCUT2D eigenvalue weighted by atomic mass is 35.5. The summed E-state index contributed by atoms with van der Waals surface area (Å²) in [6, 6.07) is 15.0. The number of carbonyl (C=O) groups excluding carboxylic acids is 1. The van der Waals surface area contributed by atoms with E-state index in [1.165, 1.54) is 13.4 Å². The van der Waals surface area contributed by atoms with Gasteiger partial charge in [0.15, 0.2) is 0 Å². The van der Waals surface area contributed by atoms with E-state index in [-0.39, 0.29) is 0 Å². The topological polar surface area (TPSA) is 64.1 Å². The molecular formula is C20H14ClN3O2S. The molecule has 2 heterocycles. The summed E-state index contributed by atoms with van der Waals surface area (Å²) in [5, 5.41) is 6.70. The SMILES string of the molecule is COC(=O)c1ccc(Cl)c(Nc2ncnc3scc(-c4ccccc4)c23)c1. The van der Waals surface area contributed by atoms with Gasteiger partial charge in [-0.15, -0.1) is 11.3 Å². The monoisotopic (exact) mass is 395 g/mol. The molecule has 0 amide bonds. The number of aromatic nitrogens is 2. The lowest BCUT2D eigenvalue weighted by molar-refractivity contribution is 0.0601. The van der Waals surface area contributed by atoms with Gasteiger partial charge in [0.05, 0.1) is 28.8 Å². The molecule has 2 aromatic carbocycles. The van der Waals surface area contributed by atoms with E-state index in [0.717, 1.165) is 21.3 Å². The van der Waals surface area contributed by atoms with Crippen molar-refractivity contribution in [3.8, 4) is 11.1 Å². The van der Waals surface area contributed by atoms with Gasteiger partial charge in [0.1, 0.15) is 17.0 Å². The van der Waals surface area contributed by atoms with Crippen molar-refractivity contribution in [1.82, 2.24) is 9.97 Å². The minimum atomic E-state index is -0.428. The number of esters is 1. The maximum absolute atomic E-state index is 11.8. The summed E-state index contributed by atoms with van der Waals surface area (Å²) in [6.45, 7) is 0. The third kappa shape index (κ3) is 3.37. The predicted molar refractivity (Wildman–Crippen MR) is 109 cm³/mol. The van der Waals surface area contributed by atoms with E-state index in [1.54, 1.807) is 29.5 Å². The molecule has 4 rings (SSSR count). The van der Waals surface area contributed by atoms with E-state index in [1.807, 2.05) is 30.3 Å². The molecule has 2 aromatic heterocycles. The molecule has 0 aliphatic carbocycles. The van der Waals surface area contributed by atoms with Crippen molar-refractivity contribution in [2.24, 2.45) is 0 Å². The molecule has 0 radical (unpaired) electrons. The van der Waals surface area contributed by atoms with Crippen LogP contribution in [0.15, 0.2) is 60.2 Å². The van der Waals surface area contributed by atoms with E-state index in [9.17, 15) is 4.79 Å². The molecule has 7 heteroatoms. The molecule has 1 N–H and O–H groups in total. The molecule has 5 nitrogen and oxygen atoms in total. The normalized spacial score (nSPS) is 10.7. The highest BCUT2D eigenvalue weighted by Gasteiger charge is 2.15. The number of hydrogen-bond donors (Lipinski definition) is 1. The van der Waals surface area contributed by atoms with Crippen LogP contribution in [-0.4, -0.2) is 23.0 Å². The minimum Gasteiger partial charge on any atom is -0.465 e. The molecule has 0 aliphatic rings. The lowest BCUT2D eigenvalue weighted by Gasteiger charge is -2.11. The zero-order valence-corrected chi connectivity index (χ0v) is 15.8. The van der Waals surface area contributed by atoms with Gasteiger partial charge in [-0.05, 0) is 23.8 Å². The van der Waals surface area contributed by atoms with Crippen LogP contribution in [0.3, 0.4) is 0 Å². The average Bonchev–Trinajstić information content (AvgIpc) is 3.15. The van der Waals surface area contributed by atoms with Gasteiger partial charge in [0, 0.05) is 10.9 Å². The smallest absolute Gasteiger partial charge is 0.337 e.